The van der Waals surface area contributed by atoms with E-state index in [2.05, 4.69) is 41.4 Å². The van der Waals surface area contributed by atoms with Gasteiger partial charge in [-0.3, -0.25) is 4.79 Å². The van der Waals surface area contributed by atoms with Crippen LogP contribution in [0.2, 0.25) is 0 Å². The molecule has 0 aliphatic carbocycles. The molecule has 1 aliphatic rings. The minimum atomic E-state index is 0.0315. The van der Waals surface area contributed by atoms with Crippen molar-refractivity contribution in [3.8, 4) is 17.0 Å². The molecule has 0 unspecified atom stereocenters. The largest absolute Gasteiger partial charge is 0.497 e. The summed E-state index contributed by atoms with van der Waals surface area (Å²) in [5.41, 5.74) is 4.31. The van der Waals surface area contributed by atoms with E-state index in [1.807, 2.05) is 35.0 Å². The highest BCUT2D eigenvalue weighted by Gasteiger charge is 2.26. The lowest BCUT2D eigenvalue weighted by Crippen LogP contribution is -2.40. The Morgan fingerprint density at radius 2 is 1.97 bits per heavy atom. The third kappa shape index (κ3) is 4.71. The molecular weight excluding hydrogens is 434 g/mol. The van der Waals surface area contributed by atoms with Crippen LogP contribution in [0.25, 0.3) is 16.2 Å². The number of aryl methyl sites for hydroxylation is 1. The van der Waals surface area contributed by atoms with E-state index in [1.54, 1.807) is 18.4 Å². The monoisotopic (exact) mass is 461 g/mol. The van der Waals surface area contributed by atoms with E-state index >= 15 is 0 Å². The highest BCUT2D eigenvalue weighted by molar-refractivity contribution is 7.20. The molecule has 0 saturated carbocycles. The highest BCUT2D eigenvalue weighted by Crippen LogP contribution is 2.30. The van der Waals surface area contributed by atoms with E-state index in [9.17, 15) is 4.79 Å². The summed E-state index contributed by atoms with van der Waals surface area (Å²) in [7, 11) is 1.65. The van der Waals surface area contributed by atoms with Gasteiger partial charge in [0.05, 0.1) is 19.0 Å². The maximum absolute atomic E-state index is 12.7. The van der Waals surface area contributed by atoms with Gasteiger partial charge in [0, 0.05) is 31.1 Å². The molecule has 8 heteroatoms. The van der Waals surface area contributed by atoms with Crippen molar-refractivity contribution >= 4 is 27.3 Å². The summed E-state index contributed by atoms with van der Waals surface area (Å²) >= 11 is 1.60. The second-order valence-corrected chi connectivity index (χ2v) is 9.37. The number of rotatable bonds is 6. The second-order valence-electron chi connectivity index (χ2n) is 8.43. The molecule has 3 heterocycles. The van der Waals surface area contributed by atoms with Gasteiger partial charge in [-0.15, -0.1) is 5.10 Å². The van der Waals surface area contributed by atoms with Crippen LogP contribution in [0.15, 0.2) is 54.7 Å². The van der Waals surface area contributed by atoms with E-state index in [0.717, 1.165) is 58.6 Å². The number of fused-ring (bicyclic) bond motifs is 1. The number of anilines is 1. The lowest BCUT2D eigenvalue weighted by Gasteiger charge is -2.30. The van der Waals surface area contributed by atoms with Gasteiger partial charge in [-0.05, 0) is 37.5 Å². The molecule has 33 heavy (non-hydrogen) atoms. The predicted molar refractivity (Wildman–Crippen MR) is 131 cm³/mol. The molecule has 0 radical (unpaired) electrons. The Morgan fingerprint density at radius 1 is 1.18 bits per heavy atom. The number of nitrogens with one attached hydrogen (secondary N) is 1. The topological polar surface area (TPSA) is 71.8 Å². The van der Waals surface area contributed by atoms with Crippen molar-refractivity contribution in [2.45, 2.75) is 26.3 Å². The van der Waals surface area contributed by atoms with Crippen LogP contribution in [0.3, 0.4) is 0 Å². The summed E-state index contributed by atoms with van der Waals surface area (Å²) in [5, 5.41) is 8.79. The van der Waals surface area contributed by atoms with Gasteiger partial charge in [-0.1, -0.05) is 53.3 Å². The Labute approximate surface area is 197 Å². The van der Waals surface area contributed by atoms with Crippen LogP contribution in [0.1, 0.15) is 24.0 Å². The molecule has 2 aromatic heterocycles. The summed E-state index contributed by atoms with van der Waals surface area (Å²) in [5.74, 6) is 0.953. The van der Waals surface area contributed by atoms with Crippen LogP contribution in [-0.4, -0.2) is 40.7 Å². The van der Waals surface area contributed by atoms with Gasteiger partial charge in [-0.2, -0.15) is 0 Å². The van der Waals surface area contributed by atoms with E-state index in [1.165, 1.54) is 5.56 Å². The number of hydrogen-bond donors (Lipinski definition) is 1. The van der Waals surface area contributed by atoms with Crippen molar-refractivity contribution in [3.05, 3.63) is 65.9 Å². The number of ether oxygens (including phenoxy) is 1. The number of carbonyl (C=O) groups is 1. The fourth-order valence-corrected chi connectivity index (χ4v) is 5.06. The summed E-state index contributed by atoms with van der Waals surface area (Å²) in [6.07, 6.45) is 3.62. The number of hydrogen-bond acceptors (Lipinski definition) is 6. The van der Waals surface area contributed by atoms with E-state index in [-0.39, 0.29) is 11.8 Å². The Kier molecular flexibility index (Phi) is 6.00. The fourth-order valence-electron chi connectivity index (χ4n) is 4.13. The van der Waals surface area contributed by atoms with Crippen LogP contribution in [0.4, 0.5) is 5.13 Å². The molecule has 0 spiro atoms. The van der Waals surface area contributed by atoms with Crippen LogP contribution in [0, 0.1) is 12.8 Å². The van der Waals surface area contributed by atoms with Crippen molar-refractivity contribution in [3.63, 3.8) is 0 Å². The van der Waals surface area contributed by atoms with Gasteiger partial charge in [0.1, 0.15) is 5.75 Å². The number of amides is 1. The molecule has 1 aliphatic heterocycles. The zero-order valence-corrected chi connectivity index (χ0v) is 19.6. The molecule has 4 aromatic rings. The van der Waals surface area contributed by atoms with Gasteiger partial charge in [0.15, 0.2) is 0 Å². The molecule has 1 fully saturated rings. The van der Waals surface area contributed by atoms with Crippen LogP contribution >= 0.6 is 11.3 Å². The van der Waals surface area contributed by atoms with Crippen molar-refractivity contribution in [1.29, 1.82) is 0 Å². The number of imidazole rings is 1. The normalized spacial score (nSPS) is 14.5. The van der Waals surface area contributed by atoms with E-state index < -0.39 is 0 Å². The van der Waals surface area contributed by atoms with Crippen molar-refractivity contribution in [2.75, 3.05) is 25.1 Å². The molecule has 1 N–H and O–H groups in total. The predicted octanol–water partition coefficient (Wildman–Crippen LogP) is 4.31. The van der Waals surface area contributed by atoms with Gasteiger partial charge in [0.2, 0.25) is 16.0 Å². The Balaban J connectivity index is 1.17. The standard InChI is InChI=1S/C25H27N5O2S/c1-17-6-8-19(9-7-17)22-16-30-24(27-22)33-25(28-30)29-12-10-20(11-13-29)23(31)26-15-18-4-3-5-21(14-18)32-2/h3-9,14,16,20H,10-13,15H2,1-2H3,(H,26,31). The third-order valence-corrected chi connectivity index (χ3v) is 7.10. The fraction of sp³-hybridized carbons (Fsp3) is 0.320. The summed E-state index contributed by atoms with van der Waals surface area (Å²) in [6.45, 7) is 4.23. The zero-order chi connectivity index (χ0) is 22.8. The molecule has 170 valence electrons. The average Bonchev–Trinajstić information content (AvgIpc) is 3.43. The molecule has 1 amide bonds. The Hall–Kier alpha value is -3.39. The molecular formula is C25H27N5O2S. The SMILES string of the molecule is COc1cccc(CNC(=O)C2CCN(c3nn4cc(-c5ccc(C)cc5)nc4s3)CC2)c1. The van der Waals surface area contributed by atoms with Crippen molar-refractivity contribution in [1.82, 2.24) is 19.9 Å². The first kappa shape index (κ1) is 21.5. The van der Waals surface area contributed by atoms with Crippen LogP contribution in [0.5, 0.6) is 5.75 Å². The maximum atomic E-state index is 12.7. The van der Waals surface area contributed by atoms with E-state index in [0.29, 0.717) is 6.54 Å². The highest BCUT2D eigenvalue weighted by atomic mass is 32.1. The Bertz CT molecular complexity index is 1220. The number of piperidine rings is 1. The van der Waals surface area contributed by atoms with Gasteiger partial charge >= 0.3 is 0 Å². The molecule has 0 bridgehead atoms. The summed E-state index contributed by atoms with van der Waals surface area (Å²) in [4.78, 5) is 20.6. The quantitative estimate of drug-likeness (QED) is 0.463. The first-order chi connectivity index (χ1) is 16.1. The molecule has 0 atom stereocenters. The lowest BCUT2D eigenvalue weighted by atomic mass is 9.96. The molecule has 7 nitrogen and oxygen atoms in total. The lowest BCUT2D eigenvalue weighted by molar-refractivity contribution is -0.125. The molecule has 5 rings (SSSR count). The first-order valence-corrected chi connectivity index (χ1v) is 12.0. The smallest absolute Gasteiger partial charge is 0.223 e. The van der Waals surface area contributed by atoms with Gasteiger partial charge in [-0.25, -0.2) is 9.50 Å². The van der Waals surface area contributed by atoms with Crippen molar-refractivity contribution < 1.29 is 9.53 Å². The third-order valence-electron chi connectivity index (χ3n) is 6.12. The van der Waals surface area contributed by atoms with Crippen molar-refractivity contribution in [2.24, 2.45) is 5.92 Å². The minimum absolute atomic E-state index is 0.0315. The van der Waals surface area contributed by atoms with E-state index in [4.69, 9.17) is 14.8 Å². The van der Waals surface area contributed by atoms with Crippen LogP contribution < -0.4 is 15.0 Å². The second kappa shape index (κ2) is 9.23. The number of carbonyl (C=O) groups excluding carboxylic acids is 1. The number of methoxy groups -OCH3 is 1. The summed E-state index contributed by atoms with van der Waals surface area (Å²) in [6, 6.07) is 16.2. The molecule has 1 saturated heterocycles. The first-order valence-electron chi connectivity index (χ1n) is 11.2. The number of nitrogens with zero attached hydrogens (tertiary/aromatic N) is 4. The Morgan fingerprint density at radius 3 is 2.70 bits per heavy atom. The maximum Gasteiger partial charge on any atom is 0.223 e. The van der Waals surface area contributed by atoms with Gasteiger partial charge in [0.25, 0.3) is 0 Å². The zero-order valence-electron chi connectivity index (χ0n) is 18.8. The van der Waals surface area contributed by atoms with Gasteiger partial charge < -0.3 is 15.0 Å². The number of aromatic nitrogens is 3. The summed E-state index contributed by atoms with van der Waals surface area (Å²) < 4.78 is 7.11. The minimum Gasteiger partial charge on any atom is -0.497 e. The van der Waals surface area contributed by atoms with Crippen LogP contribution in [-0.2, 0) is 11.3 Å². The average molecular weight is 462 g/mol. The molecule has 2 aromatic carbocycles. The number of benzene rings is 2.